The van der Waals surface area contributed by atoms with Crippen molar-refractivity contribution in [3.8, 4) is 0 Å². The number of nitro benzene ring substituents is 1. The van der Waals surface area contributed by atoms with Crippen LogP contribution >= 0.6 is 11.6 Å². The van der Waals surface area contributed by atoms with E-state index in [0.717, 1.165) is 12.3 Å². The molecule has 0 saturated heterocycles. The lowest BCUT2D eigenvalue weighted by Gasteiger charge is -2.24. The standard InChI is InChI=1S/C20H17ClN2O8S/c1-32(29,30)9-8-17(22-18(24)14-4-2-3-5-15(14)19(22)25)20(26)31-11-12-6-7-13(23(27)28)10-16(12)21/h2-7,10,17H,8-9,11H2,1H3/t17-/m0/s1. The van der Waals surface area contributed by atoms with Gasteiger partial charge in [-0.25, -0.2) is 13.2 Å². The smallest absolute Gasteiger partial charge is 0.329 e. The predicted octanol–water partition coefficient (Wildman–Crippen LogP) is 2.39. The number of imide groups is 1. The summed E-state index contributed by atoms with van der Waals surface area (Å²) < 4.78 is 28.5. The first-order valence-corrected chi connectivity index (χ1v) is 11.7. The average molecular weight is 481 g/mol. The molecule has 0 saturated carbocycles. The van der Waals surface area contributed by atoms with Crippen molar-refractivity contribution in [1.82, 2.24) is 4.90 Å². The van der Waals surface area contributed by atoms with Gasteiger partial charge in [0, 0.05) is 24.0 Å². The number of nitro groups is 1. The van der Waals surface area contributed by atoms with Crippen LogP contribution in [0.4, 0.5) is 5.69 Å². The fraction of sp³-hybridized carbons (Fsp3) is 0.250. The molecule has 2 aromatic rings. The minimum absolute atomic E-state index is 0.0135. The lowest BCUT2D eigenvalue weighted by Crippen LogP contribution is -2.46. The molecule has 1 heterocycles. The normalized spacial score (nSPS) is 14.2. The van der Waals surface area contributed by atoms with Gasteiger partial charge in [0.1, 0.15) is 22.5 Å². The summed E-state index contributed by atoms with van der Waals surface area (Å²) >= 11 is 6.00. The van der Waals surface area contributed by atoms with Crippen molar-refractivity contribution in [2.24, 2.45) is 0 Å². The highest BCUT2D eigenvalue weighted by Gasteiger charge is 2.43. The van der Waals surface area contributed by atoms with Gasteiger partial charge in [-0.05, 0) is 24.6 Å². The van der Waals surface area contributed by atoms with Crippen LogP contribution < -0.4 is 0 Å². The molecule has 2 aromatic carbocycles. The molecule has 0 spiro atoms. The molecule has 32 heavy (non-hydrogen) atoms. The van der Waals surface area contributed by atoms with Crippen LogP contribution in [0.15, 0.2) is 42.5 Å². The molecule has 0 aliphatic carbocycles. The Balaban J connectivity index is 1.83. The maximum atomic E-state index is 12.8. The molecule has 0 unspecified atom stereocenters. The Morgan fingerprint density at radius 2 is 1.75 bits per heavy atom. The van der Waals surface area contributed by atoms with Crippen LogP contribution in [-0.2, 0) is 26.0 Å². The van der Waals surface area contributed by atoms with E-state index in [1.165, 1.54) is 24.3 Å². The third-order valence-corrected chi connectivity index (χ3v) is 6.12. The van der Waals surface area contributed by atoms with Crippen LogP contribution in [0.25, 0.3) is 0 Å². The van der Waals surface area contributed by atoms with E-state index >= 15 is 0 Å². The zero-order valence-electron chi connectivity index (χ0n) is 16.7. The predicted molar refractivity (Wildman–Crippen MR) is 113 cm³/mol. The van der Waals surface area contributed by atoms with Crippen molar-refractivity contribution in [1.29, 1.82) is 0 Å². The van der Waals surface area contributed by atoms with Crippen molar-refractivity contribution >= 4 is 44.9 Å². The van der Waals surface area contributed by atoms with Crippen molar-refractivity contribution in [2.75, 3.05) is 12.0 Å². The number of hydrogen-bond acceptors (Lipinski definition) is 8. The Morgan fingerprint density at radius 3 is 2.25 bits per heavy atom. The van der Waals surface area contributed by atoms with Gasteiger partial charge in [-0.3, -0.25) is 24.6 Å². The number of esters is 1. The van der Waals surface area contributed by atoms with Gasteiger partial charge in [0.25, 0.3) is 17.5 Å². The summed E-state index contributed by atoms with van der Waals surface area (Å²) in [4.78, 5) is 49.3. The summed E-state index contributed by atoms with van der Waals surface area (Å²) in [5.41, 5.74) is 0.220. The molecule has 3 rings (SSSR count). The number of halogens is 1. The van der Waals surface area contributed by atoms with E-state index in [9.17, 15) is 32.9 Å². The largest absolute Gasteiger partial charge is 0.459 e. The van der Waals surface area contributed by atoms with Gasteiger partial charge in [-0.2, -0.15) is 0 Å². The van der Waals surface area contributed by atoms with E-state index in [2.05, 4.69) is 0 Å². The van der Waals surface area contributed by atoms with Gasteiger partial charge >= 0.3 is 5.97 Å². The number of nitrogens with zero attached hydrogens (tertiary/aromatic N) is 2. The monoisotopic (exact) mass is 480 g/mol. The zero-order valence-corrected chi connectivity index (χ0v) is 18.3. The first kappa shape index (κ1) is 23.4. The van der Waals surface area contributed by atoms with E-state index in [1.54, 1.807) is 12.1 Å². The fourth-order valence-electron chi connectivity index (χ4n) is 3.18. The van der Waals surface area contributed by atoms with Crippen molar-refractivity contribution in [2.45, 2.75) is 19.1 Å². The fourth-order valence-corrected chi connectivity index (χ4v) is 4.06. The van der Waals surface area contributed by atoms with E-state index < -0.39 is 50.9 Å². The number of amides is 2. The molecule has 0 radical (unpaired) electrons. The molecular formula is C20H17ClN2O8S. The third-order valence-electron chi connectivity index (χ3n) is 4.79. The highest BCUT2D eigenvalue weighted by atomic mass is 35.5. The van der Waals surface area contributed by atoms with Crippen LogP contribution in [0.1, 0.15) is 32.7 Å². The molecule has 0 fully saturated rings. The van der Waals surface area contributed by atoms with Gasteiger partial charge in [-0.1, -0.05) is 23.7 Å². The van der Waals surface area contributed by atoms with Crippen molar-refractivity contribution in [3.63, 3.8) is 0 Å². The minimum atomic E-state index is -3.51. The van der Waals surface area contributed by atoms with Gasteiger partial charge in [0.15, 0.2) is 0 Å². The Kier molecular flexibility index (Phi) is 6.60. The maximum Gasteiger partial charge on any atom is 0.329 e. The Labute approximate surface area is 187 Å². The summed E-state index contributed by atoms with van der Waals surface area (Å²) in [6.45, 7) is -0.395. The molecule has 1 aliphatic rings. The summed E-state index contributed by atoms with van der Waals surface area (Å²) in [6.07, 6.45) is 0.617. The van der Waals surface area contributed by atoms with Crippen LogP contribution in [0.5, 0.6) is 0 Å². The molecular weight excluding hydrogens is 464 g/mol. The van der Waals surface area contributed by atoms with Crippen molar-refractivity contribution < 1.29 is 32.5 Å². The summed E-state index contributed by atoms with van der Waals surface area (Å²) in [6, 6.07) is 8.10. The number of carbonyl (C=O) groups excluding carboxylic acids is 3. The highest BCUT2D eigenvalue weighted by Crippen LogP contribution is 2.27. The average Bonchev–Trinajstić information content (AvgIpc) is 2.97. The molecule has 0 bridgehead atoms. The molecule has 168 valence electrons. The van der Waals surface area contributed by atoms with E-state index in [-0.39, 0.29) is 33.8 Å². The number of benzene rings is 2. The highest BCUT2D eigenvalue weighted by molar-refractivity contribution is 7.90. The van der Waals surface area contributed by atoms with Crippen LogP contribution in [0.3, 0.4) is 0 Å². The molecule has 12 heteroatoms. The van der Waals surface area contributed by atoms with Crippen LogP contribution in [0, 0.1) is 10.1 Å². The second-order valence-corrected chi connectivity index (χ2v) is 9.77. The quantitative estimate of drug-likeness (QED) is 0.242. The number of carbonyl (C=O) groups is 3. The van der Waals surface area contributed by atoms with Crippen LogP contribution in [-0.4, -0.2) is 54.1 Å². The lowest BCUT2D eigenvalue weighted by molar-refractivity contribution is -0.384. The van der Waals surface area contributed by atoms with E-state index in [4.69, 9.17) is 16.3 Å². The topological polar surface area (TPSA) is 141 Å². The second kappa shape index (κ2) is 9.05. The first-order chi connectivity index (χ1) is 15.0. The summed E-state index contributed by atoms with van der Waals surface area (Å²) in [7, 11) is -3.51. The first-order valence-electron chi connectivity index (χ1n) is 9.23. The number of rotatable bonds is 8. The Hall–Kier alpha value is -3.31. The van der Waals surface area contributed by atoms with E-state index in [1.807, 2.05) is 0 Å². The lowest BCUT2D eigenvalue weighted by atomic mass is 10.1. The Morgan fingerprint density at radius 1 is 1.16 bits per heavy atom. The number of fused-ring (bicyclic) bond motifs is 1. The summed E-state index contributed by atoms with van der Waals surface area (Å²) in [5.74, 6) is -2.92. The van der Waals surface area contributed by atoms with Gasteiger partial charge in [0.05, 0.1) is 26.8 Å². The second-order valence-electron chi connectivity index (χ2n) is 7.10. The number of sulfone groups is 1. The van der Waals surface area contributed by atoms with Crippen LogP contribution in [0.2, 0.25) is 5.02 Å². The SMILES string of the molecule is CS(=O)(=O)CC[C@@H](C(=O)OCc1ccc([N+](=O)[O-])cc1Cl)N1C(=O)c2ccccc2C1=O. The van der Waals surface area contributed by atoms with Gasteiger partial charge in [-0.15, -0.1) is 0 Å². The summed E-state index contributed by atoms with van der Waals surface area (Å²) in [5, 5.41) is 10.8. The van der Waals surface area contributed by atoms with Crippen molar-refractivity contribution in [3.05, 3.63) is 74.3 Å². The number of hydrogen-bond donors (Lipinski definition) is 0. The Bertz CT molecular complexity index is 1190. The number of non-ortho nitro benzene ring substituents is 1. The third kappa shape index (κ3) is 4.94. The number of ether oxygens (including phenoxy) is 1. The molecule has 0 N–H and O–H groups in total. The van der Waals surface area contributed by atoms with Gasteiger partial charge < -0.3 is 4.74 Å². The molecule has 1 aliphatic heterocycles. The zero-order chi connectivity index (χ0) is 23.6. The molecule has 1 atom stereocenters. The maximum absolute atomic E-state index is 12.8. The molecule has 2 amide bonds. The molecule has 0 aromatic heterocycles. The minimum Gasteiger partial charge on any atom is -0.459 e. The van der Waals surface area contributed by atoms with Gasteiger partial charge in [0.2, 0.25) is 0 Å². The van der Waals surface area contributed by atoms with E-state index in [0.29, 0.717) is 4.90 Å². The molecule has 10 nitrogen and oxygen atoms in total.